The highest BCUT2D eigenvalue weighted by Crippen LogP contribution is 2.33. The second-order valence-electron chi connectivity index (χ2n) is 10.3. The predicted molar refractivity (Wildman–Crippen MR) is 164 cm³/mol. The van der Waals surface area contributed by atoms with E-state index >= 15 is 0 Å². The Labute approximate surface area is 239 Å². The minimum Gasteiger partial charge on any atom is -0.490 e. The third kappa shape index (κ3) is 10.6. The number of allylic oxidation sites excluding steroid dienone is 1. The topological polar surface area (TPSA) is 41.6 Å². The average Bonchev–Trinajstić information content (AvgIpc) is 3.32. The third-order valence-corrected chi connectivity index (χ3v) is 8.30. The summed E-state index contributed by atoms with van der Waals surface area (Å²) in [5, 5.41) is 5.70. The standard InChI is InChI=1S/C32H45ClN2O2S/c1-3-4-5-6-7-8-9-10-11-12-13-14-22-37-31-29(33)16-15-17-30(31)34-32(36)28-20-18-27(19-21-28)23-35-25-38-24-26(35)2/h15-21,24H,3-14,22-23,25H2,1-2H3,(H,34,36). The second kappa shape index (κ2) is 17.5. The van der Waals surface area contributed by atoms with Crippen LogP contribution in [0.3, 0.4) is 0 Å². The number of ether oxygens (including phenoxy) is 1. The lowest BCUT2D eigenvalue weighted by Gasteiger charge is -2.19. The molecule has 0 bridgehead atoms. The summed E-state index contributed by atoms with van der Waals surface area (Å²) in [6.07, 6.45) is 15.7. The largest absolute Gasteiger partial charge is 0.490 e. The number of rotatable bonds is 18. The van der Waals surface area contributed by atoms with E-state index in [0.717, 1.165) is 25.3 Å². The summed E-state index contributed by atoms with van der Waals surface area (Å²) in [5.41, 5.74) is 3.70. The van der Waals surface area contributed by atoms with Crippen molar-refractivity contribution in [2.75, 3.05) is 17.8 Å². The van der Waals surface area contributed by atoms with Crippen molar-refractivity contribution in [3.8, 4) is 5.75 Å². The lowest BCUT2D eigenvalue weighted by Crippen LogP contribution is -2.17. The van der Waals surface area contributed by atoms with Crippen molar-refractivity contribution < 1.29 is 9.53 Å². The van der Waals surface area contributed by atoms with E-state index in [1.54, 1.807) is 6.07 Å². The molecule has 0 spiro atoms. The fourth-order valence-electron chi connectivity index (χ4n) is 4.64. The molecule has 0 unspecified atom stereocenters. The number of hydrogen-bond acceptors (Lipinski definition) is 4. The molecule has 0 saturated carbocycles. The van der Waals surface area contributed by atoms with E-state index in [-0.39, 0.29) is 5.91 Å². The highest BCUT2D eigenvalue weighted by atomic mass is 35.5. The van der Waals surface area contributed by atoms with Crippen molar-refractivity contribution >= 4 is 35.0 Å². The van der Waals surface area contributed by atoms with Gasteiger partial charge in [-0.1, -0.05) is 107 Å². The van der Waals surface area contributed by atoms with Crippen LogP contribution in [0.5, 0.6) is 5.75 Å². The molecule has 0 aromatic heterocycles. The van der Waals surface area contributed by atoms with Crippen LogP contribution in [0.15, 0.2) is 53.6 Å². The molecule has 1 amide bonds. The summed E-state index contributed by atoms with van der Waals surface area (Å²) in [6.45, 7) is 5.85. The smallest absolute Gasteiger partial charge is 0.255 e. The molecule has 1 aliphatic rings. The Morgan fingerprint density at radius 1 is 0.921 bits per heavy atom. The van der Waals surface area contributed by atoms with Crippen LogP contribution in [-0.4, -0.2) is 23.3 Å². The number of nitrogens with zero attached hydrogens (tertiary/aromatic N) is 1. The molecule has 3 rings (SSSR count). The number of halogens is 1. The van der Waals surface area contributed by atoms with Gasteiger partial charge < -0.3 is 15.0 Å². The van der Waals surface area contributed by atoms with Crippen molar-refractivity contribution in [3.05, 3.63) is 69.7 Å². The first-order chi connectivity index (χ1) is 18.6. The van der Waals surface area contributed by atoms with Crippen LogP contribution in [0.25, 0.3) is 0 Å². The van der Waals surface area contributed by atoms with Gasteiger partial charge in [-0.3, -0.25) is 4.79 Å². The molecule has 2 aromatic carbocycles. The zero-order valence-electron chi connectivity index (χ0n) is 23.3. The molecule has 0 radical (unpaired) electrons. The number of unbranched alkanes of at least 4 members (excludes halogenated alkanes) is 11. The number of hydrogen-bond donors (Lipinski definition) is 1. The lowest BCUT2D eigenvalue weighted by atomic mass is 10.1. The molecule has 0 atom stereocenters. The van der Waals surface area contributed by atoms with Crippen LogP contribution in [-0.2, 0) is 6.54 Å². The maximum absolute atomic E-state index is 12.9. The minimum atomic E-state index is -0.165. The Balaban J connectivity index is 1.37. The van der Waals surface area contributed by atoms with Gasteiger partial charge in [0.1, 0.15) is 0 Å². The van der Waals surface area contributed by atoms with Gasteiger partial charge in [0, 0.05) is 17.8 Å². The Morgan fingerprint density at radius 2 is 1.55 bits per heavy atom. The highest BCUT2D eigenvalue weighted by molar-refractivity contribution is 8.02. The summed E-state index contributed by atoms with van der Waals surface area (Å²) < 4.78 is 6.04. The van der Waals surface area contributed by atoms with Gasteiger partial charge in [-0.05, 0) is 48.6 Å². The zero-order valence-corrected chi connectivity index (χ0v) is 24.8. The van der Waals surface area contributed by atoms with Gasteiger partial charge in [0.25, 0.3) is 5.91 Å². The molecule has 6 heteroatoms. The number of carbonyl (C=O) groups is 1. The van der Waals surface area contributed by atoms with E-state index in [1.807, 2.05) is 48.2 Å². The summed E-state index contributed by atoms with van der Waals surface area (Å²) >= 11 is 8.25. The van der Waals surface area contributed by atoms with Crippen LogP contribution in [0.2, 0.25) is 5.02 Å². The van der Waals surface area contributed by atoms with Crippen LogP contribution >= 0.6 is 23.4 Å². The molecule has 38 heavy (non-hydrogen) atoms. The maximum atomic E-state index is 12.9. The number of anilines is 1. The first-order valence-corrected chi connectivity index (χ1v) is 15.9. The average molecular weight is 557 g/mol. The first-order valence-electron chi connectivity index (χ1n) is 14.4. The van der Waals surface area contributed by atoms with Crippen LogP contribution < -0.4 is 10.1 Å². The Bertz CT molecular complexity index is 1010. The molecular formula is C32H45ClN2O2S. The van der Waals surface area contributed by atoms with Gasteiger partial charge >= 0.3 is 0 Å². The van der Waals surface area contributed by atoms with Gasteiger partial charge in [0.05, 0.1) is 23.2 Å². The zero-order chi connectivity index (χ0) is 27.0. The van der Waals surface area contributed by atoms with E-state index in [9.17, 15) is 4.79 Å². The summed E-state index contributed by atoms with van der Waals surface area (Å²) in [6, 6.07) is 13.3. The van der Waals surface area contributed by atoms with Crippen molar-refractivity contribution in [2.24, 2.45) is 0 Å². The van der Waals surface area contributed by atoms with E-state index in [2.05, 4.69) is 29.5 Å². The first kappa shape index (κ1) is 30.4. The molecule has 1 N–H and O–H groups in total. The Hall–Kier alpha value is -2.11. The van der Waals surface area contributed by atoms with Gasteiger partial charge in [-0.25, -0.2) is 0 Å². The number of carbonyl (C=O) groups excluding carboxylic acids is 1. The minimum absolute atomic E-state index is 0.165. The van der Waals surface area contributed by atoms with Crippen LogP contribution in [0, 0.1) is 0 Å². The highest BCUT2D eigenvalue weighted by Gasteiger charge is 2.15. The molecular weight excluding hydrogens is 512 g/mol. The molecule has 208 valence electrons. The van der Waals surface area contributed by atoms with Crippen molar-refractivity contribution in [1.82, 2.24) is 4.90 Å². The van der Waals surface area contributed by atoms with E-state index in [1.165, 1.54) is 75.5 Å². The van der Waals surface area contributed by atoms with E-state index in [0.29, 0.717) is 28.6 Å². The maximum Gasteiger partial charge on any atom is 0.255 e. The molecule has 1 aliphatic heterocycles. The molecule has 2 aromatic rings. The number of thioether (sulfide) groups is 1. The summed E-state index contributed by atoms with van der Waals surface area (Å²) in [4.78, 5) is 15.3. The number of para-hydroxylation sites is 1. The van der Waals surface area contributed by atoms with Gasteiger partial charge in [-0.2, -0.15) is 0 Å². The third-order valence-electron chi connectivity index (χ3n) is 7.03. The van der Waals surface area contributed by atoms with Gasteiger partial charge in [0.2, 0.25) is 0 Å². The second-order valence-corrected chi connectivity index (χ2v) is 11.5. The fraction of sp³-hybridized carbons (Fsp3) is 0.531. The SMILES string of the molecule is CCCCCCCCCCCCCCOc1c(Cl)cccc1NC(=O)c1ccc(CN2CSC=C2C)cc1. The fourth-order valence-corrected chi connectivity index (χ4v) is 5.81. The number of nitrogens with one attached hydrogen (secondary N) is 1. The Morgan fingerprint density at radius 3 is 2.16 bits per heavy atom. The molecule has 0 fully saturated rings. The van der Waals surface area contributed by atoms with E-state index < -0.39 is 0 Å². The number of benzene rings is 2. The lowest BCUT2D eigenvalue weighted by molar-refractivity contribution is 0.102. The monoisotopic (exact) mass is 556 g/mol. The van der Waals surface area contributed by atoms with Crippen LogP contribution in [0.4, 0.5) is 5.69 Å². The molecule has 4 nitrogen and oxygen atoms in total. The summed E-state index contributed by atoms with van der Waals surface area (Å²) in [7, 11) is 0. The van der Waals surface area contributed by atoms with E-state index in [4.69, 9.17) is 16.3 Å². The summed E-state index contributed by atoms with van der Waals surface area (Å²) in [5.74, 6) is 1.36. The van der Waals surface area contributed by atoms with Crippen molar-refractivity contribution in [3.63, 3.8) is 0 Å². The van der Waals surface area contributed by atoms with Gasteiger partial charge in [0.15, 0.2) is 5.75 Å². The molecule has 0 aliphatic carbocycles. The Kier molecular flexibility index (Phi) is 14.0. The molecule has 1 heterocycles. The molecule has 0 saturated heterocycles. The van der Waals surface area contributed by atoms with Crippen molar-refractivity contribution in [2.45, 2.75) is 97.4 Å². The number of amides is 1. The van der Waals surface area contributed by atoms with Crippen LogP contribution in [0.1, 0.15) is 107 Å². The normalized spacial score (nSPS) is 13.0. The van der Waals surface area contributed by atoms with Gasteiger partial charge in [-0.15, -0.1) is 11.8 Å². The predicted octanol–water partition coefficient (Wildman–Crippen LogP) is 10.0. The van der Waals surface area contributed by atoms with Crippen molar-refractivity contribution in [1.29, 1.82) is 0 Å². The quantitative estimate of drug-likeness (QED) is 0.185.